The number of piperidine rings is 1. The summed E-state index contributed by atoms with van der Waals surface area (Å²) in [7, 11) is 0. The molecule has 2 aromatic rings. The van der Waals surface area contributed by atoms with Gasteiger partial charge in [-0.25, -0.2) is 4.98 Å². The zero-order valence-corrected chi connectivity index (χ0v) is 14.8. The number of aromatic nitrogens is 1. The molecule has 0 aliphatic carbocycles. The van der Waals surface area contributed by atoms with Gasteiger partial charge in [0.25, 0.3) is 0 Å². The minimum atomic E-state index is -0.0852. The summed E-state index contributed by atoms with van der Waals surface area (Å²) in [6.07, 6.45) is 1.57. The Hall–Kier alpha value is -2.08. The second kappa shape index (κ2) is 7.21. The molecule has 2 atom stereocenters. The number of rotatable bonds is 4. The number of hydrogen-bond donors (Lipinski definition) is 1. The molecular weight excluding hydrogens is 324 g/mol. The van der Waals surface area contributed by atoms with Gasteiger partial charge in [-0.05, 0) is 38.8 Å². The molecule has 24 heavy (non-hydrogen) atoms. The third-order valence-electron chi connectivity index (χ3n) is 4.41. The molecule has 128 valence electrons. The van der Waals surface area contributed by atoms with Crippen LogP contribution in [0.5, 0.6) is 5.75 Å². The van der Waals surface area contributed by atoms with Crippen molar-refractivity contribution in [3.8, 4) is 17.0 Å². The van der Waals surface area contributed by atoms with Gasteiger partial charge in [-0.3, -0.25) is 4.79 Å². The fourth-order valence-electron chi connectivity index (χ4n) is 3.14. The summed E-state index contributed by atoms with van der Waals surface area (Å²) in [4.78, 5) is 18.9. The number of thiazole rings is 1. The van der Waals surface area contributed by atoms with Crippen LogP contribution in [0.3, 0.4) is 0 Å². The maximum absolute atomic E-state index is 11.9. The van der Waals surface area contributed by atoms with E-state index in [4.69, 9.17) is 4.74 Å². The normalized spacial score (nSPS) is 20.8. The maximum atomic E-state index is 11.9. The van der Waals surface area contributed by atoms with Gasteiger partial charge >= 0.3 is 5.97 Å². The van der Waals surface area contributed by atoms with E-state index in [1.807, 2.05) is 24.4 Å². The highest BCUT2D eigenvalue weighted by molar-refractivity contribution is 7.14. The minimum absolute atomic E-state index is 0.0196. The van der Waals surface area contributed by atoms with Crippen LogP contribution >= 0.6 is 11.3 Å². The molecule has 2 unspecified atom stereocenters. The number of phenols is 1. The molecule has 1 saturated heterocycles. The molecule has 0 spiro atoms. The molecule has 1 aromatic carbocycles. The molecule has 1 aliphatic rings. The molecule has 0 radical (unpaired) electrons. The van der Waals surface area contributed by atoms with Crippen LogP contribution < -0.4 is 4.90 Å². The number of carbonyl (C=O) groups is 1. The average molecular weight is 346 g/mol. The van der Waals surface area contributed by atoms with Crippen molar-refractivity contribution >= 4 is 22.4 Å². The first-order valence-corrected chi connectivity index (χ1v) is 9.15. The standard InChI is InChI=1S/C18H22N2O3S/c1-3-23-17(22)13-8-9-20(12(2)10-13)18-19-15(11-24-18)14-6-4-5-7-16(14)21/h4-7,11-13,21H,3,8-10H2,1-2H3. The lowest BCUT2D eigenvalue weighted by Crippen LogP contribution is -2.43. The highest BCUT2D eigenvalue weighted by Gasteiger charge is 2.32. The van der Waals surface area contributed by atoms with E-state index in [9.17, 15) is 9.90 Å². The lowest BCUT2D eigenvalue weighted by atomic mass is 9.92. The van der Waals surface area contributed by atoms with Crippen molar-refractivity contribution in [2.75, 3.05) is 18.1 Å². The Morgan fingerprint density at radius 3 is 2.96 bits per heavy atom. The molecule has 0 bridgehead atoms. The summed E-state index contributed by atoms with van der Waals surface area (Å²) in [6.45, 7) is 5.18. The number of phenolic OH excluding ortho intramolecular Hbond substituents is 1. The maximum Gasteiger partial charge on any atom is 0.309 e. The number of nitrogens with zero attached hydrogens (tertiary/aromatic N) is 2. The number of para-hydroxylation sites is 1. The molecule has 1 aromatic heterocycles. The van der Waals surface area contributed by atoms with Gasteiger partial charge in [-0.15, -0.1) is 11.3 Å². The Bertz CT molecular complexity index is 716. The summed E-state index contributed by atoms with van der Waals surface area (Å²) in [5.74, 6) is 0.134. The molecule has 1 aliphatic heterocycles. The highest BCUT2D eigenvalue weighted by Crippen LogP contribution is 2.35. The molecule has 1 fully saturated rings. The molecule has 3 rings (SSSR count). The van der Waals surface area contributed by atoms with Crippen molar-refractivity contribution in [3.63, 3.8) is 0 Å². The summed E-state index contributed by atoms with van der Waals surface area (Å²) in [5, 5.41) is 12.9. The first-order valence-electron chi connectivity index (χ1n) is 8.27. The number of anilines is 1. The van der Waals surface area contributed by atoms with Gasteiger partial charge in [-0.2, -0.15) is 0 Å². The SMILES string of the molecule is CCOC(=O)C1CCN(c2nc(-c3ccccc3O)cs2)C(C)C1. The Balaban J connectivity index is 1.72. The van der Waals surface area contributed by atoms with Gasteiger partial charge in [0.15, 0.2) is 5.13 Å². The summed E-state index contributed by atoms with van der Waals surface area (Å²) >= 11 is 1.57. The number of carbonyl (C=O) groups excluding carboxylic acids is 1. The topological polar surface area (TPSA) is 62.7 Å². The van der Waals surface area contributed by atoms with Gasteiger partial charge in [0.05, 0.1) is 18.2 Å². The van der Waals surface area contributed by atoms with E-state index in [0.29, 0.717) is 6.61 Å². The molecule has 1 N–H and O–H groups in total. The van der Waals surface area contributed by atoms with Crippen molar-refractivity contribution in [1.82, 2.24) is 4.98 Å². The fraction of sp³-hybridized carbons (Fsp3) is 0.444. The second-order valence-corrected chi connectivity index (χ2v) is 6.88. The van der Waals surface area contributed by atoms with Crippen LogP contribution in [0.4, 0.5) is 5.13 Å². The Kier molecular flexibility index (Phi) is 5.04. The molecule has 0 saturated carbocycles. The van der Waals surface area contributed by atoms with Crippen LogP contribution in [0.2, 0.25) is 0 Å². The van der Waals surface area contributed by atoms with Crippen LogP contribution in [-0.4, -0.2) is 35.3 Å². The Labute approximate surface area is 145 Å². The number of esters is 1. The molecule has 0 amide bonds. The summed E-state index contributed by atoms with van der Waals surface area (Å²) in [5.41, 5.74) is 1.53. The lowest BCUT2D eigenvalue weighted by molar-refractivity contribution is -0.149. The van der Waals surface area contributed by atoms with E-state index < -0.39 is 0 Å². The molecular formula is C18H22N2O3S. The van der Waals surface area contributed by atoms with Crippen molar-refractivity contribution in [1.29, 1.82) is 0 Å². The zero-order valence-electron chi connectivity index (χ0n) is 13.9. The summed E-state index contributed by atoms with van der Waals surface area (Å²) in [6, 6.07) is 7.46. The van der Waals surface area contributed by atoms with Gasteiger partial charge in [-0.1, -0.05) is 12.1 Å². The Morgan fingerprint density at radius 1 is 1.46 bits per heavy atom. The number of benzene rings is 1. The van der Waals surface area contributed by atoms with E-state index >= 15 is 0 Å². The van der Waals surface area contributed by atoms with Gasteiger partial charge in [0.2, 0.25) is 0 Å². The van der Waals surface area contributed by atoms with Crippen molar-refractivity contribution in [2.45, 2.75) is 32.7 Å². The van der Waals surface area contributed by atoms with E-state index in [-0.39, 0.29) is 23.7 Å². The quantitative estimate of drug-likeness (QED) is 0.856. The van der Waals surface area contributed by atoms with E-state index in [1.54, 1.807) is 23.5 Å². The van der Waals surface area contributed by atoms with Crippen LogP contribution in [0.25, 0.3) is 11.3 Å². The van der Waals surface area contributed by atoms with Gasteiger partial charge in [0.1, 0.15) is 5.75 Å². The van der Waals surface area contributed by atoms with Crippen LogP contribution in [-0.2, 0) is 9.53 Å². The van der Waals surface area contributed by atoms with Crippen molar-refractivity contribution in [3.05, 3.63) is 29.6 Å². The van der Waals surface area contributed by atoms with Crippen LogP contribution in [0.1, 0.15) is 26.7 Å². The van der Waals surface area contributed by atoms with Crippen molar-refractivity contribution < 1.29 is 14.6 Å². The number of ether oxygens (including phenoxy) is 1. The number of hydrogen-bond acceptors (Lipinski definition) is 6. The zero-order chi connectivity index (χ0) is 17.1. The minimum Gasteiger partial charge on any atom is -0.507 e. The van der Waals surface area contributed by atoms with E-state index in [0.717, 1.165) is 35.8 Å². The largest absolute Gasteiger partial charge is 0.507 e. The third kappa shape index (κ3) is 3.38. The summed E-state index contributed by atoms with van der Waals surface area (Å²) < 4.78 is 5.15. The predicted octanol–water partition coefficient (Wildman–Crippen LogP) is 3.68. The third-order valence-corrected chi connectivity index (χ3v) is 5.29. The second-order valence-electron chi connectivity index (χ2n) is 6.05. The van der Waals surface area contributed by atoms with Crippen molar-refractivity contribution in [2.24, 2.45) is 5.92 Å². The first-order chi connectivity index (χ1) is 11.6. The molecule has 6 heteroatoms. The Morgan fingerprint density at radius 2 is 2.25 bits per heavy atom. The smallest absolute Gasteiger partial charge is 0.309 e. The van der Waals surface area contributed by atoms with Crippen LogP contribution in [0.15, 0.2) is 29.6 Å². The molecule has 2 heterocycles. The van der Waals surface area contributed by atoms with E-state index in [1.165, 1.54) is 0 Å². The average Bonchev–Trinajstić information content (AvgIpc) is 3.05. The highest BCUT2D eigenvalue weighted by atomic mass is 32.1. The fourth-order valence-corrected chi connectivity index (χ4v) is 4.10. The molecule has 5 nitrogen and oxygen atoms in total. The first kappa shape index (κ1) is 16.8. The lowest BCUT2D eigenvalue weighted by Gasteiger charge is -2.36. The monoisotopic (exact) mass is 346 g/mol. The predicted molar refractivity (Wildman–Crippen MR) is 95.4 cm³/mol. The van der Waals surface area contributed by atoms with Gasteiger partial charge in [0, 0.05) is 23.5 Å². The van der Waals surface area contributed by atoms with E-state index in [2.05, 4.69) is 16.8 Å². The van der Waals surface area contributed by atoms with Crippen LogP contribution in [0, 0.1) is 5.92 Å². The number of aromatic hydroxyl groups is 1. The van der Waals surface area contributed by atoms with Gasteiger partial charge < -0.3 is 14.7 Å².